The van der Waals surface area contributed by atoms with Crippen molar-refractivity contribution < 1.29 is 24.2 Å². The van der Waals surface area contributed by atoms with E-state index in [0.717, 1.165) is 63.0 Å². The Labute approximate surface area is 338 Å². The van der Waals surface area contributed by atoms with Crippen molar-refractivity contribution in [2.24, 2.45) is 41.4 Å². The predicted molar refractivity (Wildman–Crippen MR) is 220 cm³/mol. The molecule has 8 fully saturated rings. The molecule has 0 spiro atoms. The third-order valence-electron chi connectivity index (χ3n) is 16.8. The number of hydrogen-bond acceptors (Lipinski definition) is 7. The number of rotatable bonds is 11. The molecule has 0 bridgehead atoms. The summed E-state index contributed by atoms with van der Waals surface area (Å²) in [5, 5.41) is 12.8. The van der Waals surface area contributed by atoms with Crippen LogP contribution < -0.4 is 5.32 Å². The maximum atomic E-state index is 13.3. The zero-order valence-electron chi connectivity index (χ0n) is 35.0. The summed E-state index contributed by atoms with van der Waals surface area (Å²) in [7, 11) is 0. The number of amides is 3. The first kappa shape index (κ1) is 40.9. The van der Waals surface area contributed by atoms with Gasteiger partial charge in [-0.25, -0.2) is 0 Å². The zero-order chi connectivity index (χ0) is 38.6. The van der Waals surface area contributed by atoms with Crippen LogP contribution in [0.15, 0.2) is 11.1 Å². The van der Waals surface area contributed by atoms with E-state index in [1.165, 1.54) is 129 Å². The molecule has 314 valence electrons. The number of piperidine rings is 3. The van der Waals surface area contributed by atoms with Crippen LogP contribution in [-0.2, 0) is 19.1 Å². The number of carbonyl (C=O) groups excluding carboxylic acids is 3. The van der Waals surface area contributed by atoms with E-state index >= 15 is 0 Å². The van der Waals surface area contributed by atoms with E-state index in [9.17, 15) is 19.5 Å². The van der Waals surface area contributed by atoms with Gasteiger partial charge in [0.2, 0.25) is 17.7 Å². The third-order valence-corrected chi connectivity index (χ3v) is 16.8. The van der Waals surface area contributed by atoms with Crippen molar-refractivity contribution in [2.45, 2.75) is 179 Å². The summed E-state index contributed by atoms with van der Waals surface area (Å²) in [6.45, 7) is 9.87. The molecule has 8 rings (SSSR count). The molecule has 0 aromatic carbocycles. The zero-order valence-corrected chi connectivity index (χ0v) is 35.0. The van der Waals surface area contributed by atoms with Gasteiger partial charge in [0.1, 0.15) is 6.04 Å². The minimum atomic E-state index is -0.457. The molecular weight excluding hydrogens is 701 g/mol. The standard InChI is InChI=1S/C47H76N4O5/c1-2-41(33-6-4-3-5-7-33)45(34-8-13-39(52)14-9-34)35-10-15-40(16-11-35)56-29-28-49-24-22-38(23-25-49)50-26-20-32(21-27-50)36-12-17-42-37(30-36)31-51(47(42)55)43-18-19-44(53)48-46(43)54/h32-40,42-43,52H,2-31H2,1H3,(H,48,53,54)/b45-41-. The highest BCUT2D eigenvalue weighted by atomic mass is 16.5. The quantitative estimate of drug-likeness (QED) is 0.168. The lowest BCUT2D eigenvalue weighted by Gasteiger charge is -2.44. The number of nitrogens with zero attached hydrogens (tertiary/aromatic N) is 3. The Kier molecular flexibility index (Phi) is 13.9. The Balaban J connectivity index is 0.731. The summed E-state index contributed by atoms with van der Waals surface area (Å²) in [5.41, 5.74) is 3.71. The predicted octanol–water partition coefficient (Wildman–Crippen LogP) is 7.26. The lowest BCUT2D eigenvalue weighted by Crippen LogP contribution is -2.53. The molecule has 8 aliphatic rings. The van der Waals surface area contributed by atoms with Crippen LogP contribution in [0.25, 0.3) is 0 Å². The van der Waals surface area contributed by atoms with Crippen molar-refractivity contribution in [1.82, 2.24) is 20.0 Å². The minimum Gasteiger partial charge on any atom is -0.393 e. The average molecular weight is 777 g/mol. The van der Waals surface area contributed by atoms with E-state index in [1.807, 2.05) is 16.0 Å². The fraction of sp³-hybridized carbons (Fsp3) is 0.894. The van der Waals surface area contributed by atoms with Gasteiger partial charge in [-0.15, -0.1) is 0 Å². The average Bonchev–Trinajstić information content (AvgIpc) is 3.56. The molecule has 2 N–H and O–H groups in total. The van der Waals surface area contributed by atoms with Gasteiger partial charge in [0.15, 0.2) is 0 Å². The molecule has 0 aromatic rings. The van der Waals surface area contributed by atoms with Gasteiger partial charge in [0, 0.05) is 31.5 Å². The van der Waals surface area contributed by atoms with E-state index in [0.29, 0.717) is 49.3 Å². The molecule has 3 amide bonds. The number of ether oxygens (including phenoxy) is 1. The second-order valence-electron chi connectivity index (χ2n) is 19.9. The summed E-state index contributed by atoms with van der Waals surface area (Å²) in [6, 6.07) is 0.256. The number of fused-ring (bicyclic) bond motifs is 1. The summed E-state index contributed by atoms with van der Waals surface area (Å²) in [4.78, 5) is 44.8. The van der Waals surface area contributed by atoms with E-state index in [4.69, 9.17) is 4.74 Å². The van der Waals surface area contributed by atoms with Crippen LogP contribution in [0.5, 0.6) is 0 Å². The Morgan fingerprint density at radius 3 is 2.09 bits per heavy atom. The maximum absolute atomic E-state index is 13.3. The monoisotopic (exact) mass is 777 g/mol. The Bertz CT molecular complexity index is 1360. The normalized spacial score (nSPS) is 37.0. The van der Waals surface area contributed by atoms with Crippen LogP contribution in [0.1, 0.15) is 155 Å². The van der Waals surface area contributed by atoms with Crippen molar-refractivity contribution in [1.29, 1.82) is 0 Å². The van der Waals surface area contributed by atoms with Gasteiger partial charge >= 0.3 is 0 Å². The SMILES string of the molecule is CC/C(=C(\C1CCC(O)CC1)C1CCC(OCCN2CCC(N3CCC(C4CCC5C(=O)N(C6CCC(=O)NC6=O)CC5C4)CC3)CC2)CC1)C1CCCCC1. The molecule has 4 saturated heterocycles. The number of imide groups is 1. The first-order valence-corrected chi connectivity index (χ1v) is 24.0. The molecule has 0 aromatic heterocycles. The molecule has 9 nitrogen and oxygen atoms in total. The maximum Gasteiger partial charge on any atom is 0.249 e. The summed E-state index contributed by atoms with van der Waals surface area (Å²) >= 11 is 0. The first-order chi connectivity index (χ1) is 27.3. The molecule has 4 heterocycles. The van der Waals surface area contributed by atoms with Crippen molar-refractivity contribution in [3.8, 4) is 0 Å². The van der Waals surface area contributed by atoms with Crippen LogP contribution in [0.3, 0.4) is 0 Å². The van der Waals surface area contributed by atoms with Gasteiger partial charge < -0.3 is 24.5 Å². The molecule has 0 radical (unpaired) electrons. The van der Waals surface area contributed by atoms with Crippen LogP contribution in [0.4, 0.5) is 0 Å². The van der Waals surface area contributed by atoms with Gasteiger partial charge in [-0.05, 0) is 184 Å². The first-order valence-electron chi connectivity index (χ1n) is 24.0. The smallest absolute Gasteiger partial charge is 0.249 e. The number of aliphatic hydroxyl groups is 1. The summed E-state index contributed by atoms with van der Waals surface area (Å²) in [6.07, 6.45) is 27.2. The van der Waals surface area contributed by atoms with Gasteiger partial charge in [0.05, 0.1) is 18.8 Å². The molecule has 56 heavy (non-hydrogen) atoms. The molecular formula is C47H76N4O5. The van der Waals surface area contributed by atoms with Crippen molar-refractivity contribution >= 4 is 17.7 Å². The van der Waals surface area contributed by atoms with Crippen LogP contribution in [0, 0.1) is 41.4 Å². The van der Waals surface area contributed by atoms with Crippen molar-refractivity contribution in [2.75, 3.05) is 45.9 Å². The molecule has 9 heteroatoms. The third kappa shape index (κ3) is 9.47. The highest BCUT2D eigenvalue weighted by Gasteiger charge is 2.49. The van der Waals surface area contributed by atoms with Crippen LogP contribution >= 0.6 is 0 Å². The second-order valence-corrected chi connectivity index (χ2v) is 19.9. The fourth-order valence-electron chi connectivity index (χ4n) is 13.6. The fourth-order valence-corrected chi connectivity index (χ4v) is 13.6. The minimum absolute atomic E-state index is 0.0750. The number of hydrogen-bond donors (Lipinski definition) is 2. The number of aliphatic hydroxyl groups excluding tert-OH is 1. The lowest BCUT2D eigenvalue weighted by molar-refractivity contribution is -0.144. The summed E-state index contributed by atoms with van der Waals surface area (Å²) < 4.78 is 6.61. The van der Waals surface area contributed by atoms with E-state index in [2.05, 4.69) is 22.0 Å². The highest BCUT2D eigenvalue weighted by molar-refractivity contribution is 6.02. The molecule has 4 aliphatic heterocycles. The molecule has 4 atom stereocenters. The highest BCUT2D eigenvalue weighted by Crippen LogP contribution is 2.47. The van der Waals surface area contributed by atoms with E-state index in [1.54, 1.807) is 0 Å². The van der Waals surface area contributed by atoms with Gasteiger partial charge in [-0.3, -0.25) is 19.7 Å². The van der Waals surface area contributed by atoms with Crippen LogP contribution in [0.2, 0.25) is 0 Å². The van der Waals surface area contributed by atoms with Crippen molar-refractivity contribution in [3.05, 3.63) is 11.1 Å². The van der Waals surface area contributed by atoms with E-state index < -0.39 is 6.04 Å². The van der Waals surface area contributed by atoms with E-state index in [-0.39, 0.29) is 29.7 Å². The number of likely N-dealkylation sites (tertiary alicyclic amines) is 3. The van der Waals surface area contributed by atoms with Crippen molar-refractivity contribution in [3.63, 3.8) is 0 Å². The molecule has 4 unspecified atom stereocenters. The Hall–Kier alpha value is -1.81. The molecule has 4 aliphatic carbocycles. The largest absolute Gasteiger partial charge is 0.393 e. The molecule has 4 saturated carbocycles. The second kappa shape index (κ2) is 19.1. The number of allylic oxidation sites excluding steroid dienone is 2. The number of nitrogens with one attached hydrogen (secondary N) is 1. The van der Waals surface area contributed by atoms with Gasteiger partial charge in [0.25, 0.3) is 0 Å². The van der Waals surface area contributed by atoms with Crippen LogP contribution in [-0.4, -0.2) is 108 Å². The summed E-state index contributed by atoms with van der Waals surface area (Å²) in [5.74, 6) is 3.83. The number of carbonyl (C=O) groups is 3. The Morgan fingerprint density at radius 1 is 0.714 bits per heavy atom. The lowest BCUT2D eigenvalue weighted by atomic mass is 9.68. The van der Waals surface area contributed by atoms with Gasteiger partial charge in [-0.2, -0.15) is 0 Å². The van der Waals surface area contributed by atoms with Gasteiger partial charge in [-0.1, -0.05) is 37.3 Å². The Morgan fingerprint density at radius 2 is 1.41 bits per heavy atom. The topological polar surface area (TPSA) is 102 Å².